The zero-order valence-electron chi connectivity index (χ0n) is 11.4. The number of hydrogen-bond acceptors (Lipinski definition) is 5. The highest BCUT2D eigenvalue weighted by molar-refractivity contribution is 5.05. The summed E-state index contributed by atoms with van der Waals surface area (Å²) in [5, 5.41) is 3.36. The summed E-state index contributed by atoms with van der Waals surface area (Å²) in [6.07, 6.45) is 4.14. The van der Waals surface area contributed by atoms with Gasteiger partial charge in [0.2, 0.25) is 0 Å². The predicted octanol–water partition coefficient (Wildman–Crippen LogP) is -0.125. The van der Waals surface area contributed by atoms with E-state index in [1.807, 2.05) is 12.5 Å². The minimum atomic E-state index is 0.109. The van der Waals surface area contributed by atoms with Gasteiger partial charge in [0.1, 0.15) is 6.10 Å². The van der Waals surface area contributed by atoms with Crippen molar-refractivity contribution in [3.63, 3.8) is 0 Å². The average Bonchev–Trinajstić information content (AvgIpc) is 2.88. The van der Waals surface area contributed by atoms with Crippen LogP contribution in [0.3, 0.4) is 0 Å². The monoisotopic (exact) mass is 266 g/mol. The minimum Gasteiger partial charge on any atom is -0.374 e. The zero-order valence-corrected chi connectivity index (χ0v) is 11.4. The lowest BCUT2D eigenvalue weighted by Crippen LogP contribution is -2.42. The SMILES string of the molecule is CN1CCOC(Cn2cncc2C2CNCCO2)C1. The van der Waals surface area contributed by atoms with E-state index in [9.17, 15) is 0 Å². The molecular formula is C13H22N4O2. The molecule has 3 heterocycles. The highest BCUT2D eigenvalue weighted by Gasteiger charge is 2.23. The van der Waals surface area contributed by atoms with Crippen molar-refractivity contribution >= 4 is 0 Å². The summed E-state index contributed by atoms with van der Waals surface area (Å²) >= 11 is 0. The molecule has 3 rings (SSSR count). The van der Waals surface area contributed by atoms with E-state index in [-0.39, 0.29) is 12.2 Å². The molecule has 2 saturated heterocycles. The number of rotatable bonds is 3. The van der Waals surface area contributed by atoms with Crippen LogP contribution in [0.5, 0.6) is 0 Å². The molecule has 6 heteroatoms. The summed E-state index contributed by atoms with van der Waals surface area (Å²) in [6.45, 7) is 6.20. The maximum absolute atomic E-state index is 5.82. The van der Waals surface area contributed by atoms with Crippen LogP contribution in [0.1, 0.15) is 11.8 Å². The number of nitrogens with zero attached hydrogens (tertiary/aromatic N) is 3. The largest absolute Gasteiger partial charge is 0.374 e. The van der Waals surface area contributed by atoms with Gasteiger partial charge in [-0.15, -0.1) is 0 Å². The van der Waals surface area contributed by atoms with Gasteiger partial charge in [0.05, 0.1) is 44.1 Å². The number of hydrogen-bond donors (Lipinski definition) is 1. The van der Waals surface area contributed by atoms with Crippen LogP contribution in [-0.2, 0) is 16.0 Å². The molecule has 2 aliphatic heterocycles. The second-order valence-electron chi connectivity index (χ2n) is 5.29. The molecular weight excluding hydrogens is 244 g/mol. The summed E-state index contributed by atoms with van der Waals surface area (Å²) in [5.74, 6) is 0. The van der Waals surface area contributed by atoms with Crippen LogP contribution in [0.25, 0.3) is 0 Å². The standard InChI is InChI=1S/C13H22N4O2/c1-16-3-5-18-11(8-16)9-17-10-15-6-12(17)13-7-14-2-4-19-13/h6,10-11,13-14H,2-5,7-9H2,1H3. The first kappa shape index (κ1) is 13.1. The molecule has 1 aromatic heterocycles. The van der Waals surface area contributed by atoms with Crippen LogP contribution in [0.4, 0.5) is 0 Å². The Kier molecular flexibility index (Phi) is 4.12. The van der Waals surface area contributed by atoms with Gasteiger partial charge in [0, 0.05) is 26.2 Å². The van der Waals surface area contributed by atoms with Crippen LogP contribution >= 0.6 is 0 Å². The maximum Gasteiger partial charge on any atom is 0.111 e. The zero-order chi connectivity index (χ0) is 13.1. The Hall–Kier alpha value is -0.950. The molecule has 6 nitrogen and oxygen atoms in total. The molecule has 0 amide bonds. The van der Waals surface area contributed by atoms with Gasteiger partial charge >= 0.3 is 0 Å². The van der Waals surface area contributed by atoms with Crippen molar-refractivity contribution < 1.29 is 9.47 Å². The molecule has 2 aliphatic rings. The van der Waals surface area contributed by atoms with E-state index in [4.69, 9.17) is 9.47 Å². The molecule has 0 saturated carbocycles. The van der Waals surface area contributed by atoms with Gasteiger partial charge in [0.25, 0.3) is 0 Å². The Labute approximate surface area is 113 Å². The van der Waals surface area contributed by atoms with Crippen LogP contribution in [0.15, 0.2) is 12.5 Å². The molecule has 19 heavy (non-hydrogen) atoms. The fraction of sp³-hybridized carbons (Fsp3) is 0.769. The third kappa shape index (κ3) is 3.14. The number of ether oxygens (including phenoxy) is 2. The van der Waals surface area contributed by atoms with E-state index in [0.29, 0.717) is 0 Å². The number of imidazole rings is 1. The molecule has 0 aromatic carbocycles. The summed E-state index contributed by atoms with van der Waals surface area (Å²) < 4.78 is 13.8. The van der Waals surface area contributed by atoms with E-state index < -0.39 is 0 Å². The summed E-state index contributed by atoms with van der Waals surface area (Å²) in [4.78, 5) is 6.58. The van der Waals surface area contributed by atoms with Crippen molar-refractivity contribution in [2.45, 2.75) is 18.8 Å². The van der Waals surface area contributed by atoms with Crippen molar-refractivity contribution in [2.75, 3.05) is 46.4 Å². The fourth-order valence-corrected chi connectivity index (χ4v) is 2.70. The molecule has 0 spiro atoms. The van der Waals surface area contributed by atoms with Crippen LogP contribution in [0, 0.1) is 0 Å². The number of likely N-dealkylation sites (N-methyl/N-ethyl adjacent to an activating group) is 1. The lowest BCUT2D eigenvalue weighted by atomic mass is 10.2. The first-order valence-corrected chi connectivity index (χ1v) is 6.95. The Morgan fingerprint density at radius 1 is 1.42 bits per heavy atom. The smallest absolute Gasteiger partial charge is 0.111 e. The third-order valence-electron chi connectivity index (χ3n) is 3.74. The molecule has 2 atom stereocenters. The van der Waals surface area contributed by atoms with Crippen molar-refractivity contribution in [3.8, 4) is 0 Å². The highest BCUT2D eigenvalue weighted by atomic mass is 16.5. The predicted molar refractivity (Wildman–Crippen MR) is 71.0 cm³/mol. The maximum atomic E-state index is 5.82. The Morgan fingerprint density at radius 3 is 3.16 bits per heavy atom. The van der Waals surface area contributed by atoms with E-state index in [1.54, 1.807) is 0 Å². The molecule has 0 bridgehead atoms. The van der Waals surface area contributed by atoms with Gasteiger partial charge in [-0.25, -0.2) is 4.98 Å². The molecule has 106 valence electrons. The first-order valence-electron chi connectivity index (χ1n) is 6.95. The molecule has 1 N–H and O–H groups in total. The summed E-state index contributed by atoms with van der Waals surface area (Å²) in [6, 6.07) is 0. The van der Waals surface area contributed by atoms with Gasteiger partial charge in [-0.3, -0.25) is 0 Å². The lowest BCUT2D eigenvalue weighted by Gasteiger charge is -2.31. The van der Waals surface area contributed by atoms with Gasteiger partial charge in [0.15, 0.2) is 0 Å². The Morgan fingerprint density at radius 2 is 2.37 bits per heavy atom. The topological polar surface area (TPSA) is 51.5 Å². The van der Waals surface area contributed by atoms with E-state index >= 15 is 0 Å². The van der Waals surface area contributed by atoms with Gasteiger partial charge in [-0.1, -0.05) is 0 Å². The molecule has 2 unspecified atom stereocenters. The second-order valence-corrected chi connectivity index (χ2v) is 5.29. The lowest BCUT2D eigenvalue weighted by molar-refractivity contribution is -0.0301. The van der Waals surface area contributed by atoms with E-state index in [0.717, 1.165) is 51.6 Å². The van der Waals surface area contributed by atoms with Gasteiger partial charge in [-0.05, 0) is 7.05 Å². The van der Waals surface area contributed by atoms with Crippen molar-refractivity contribution in [1.29, 1.82) is 0 Å². The van der Waals surface area contributed by atoms with Gasteiger partial charge < -0.3 is 24.3 Å². The van der Waals surface area contributed by atoms with Crippen LogP contribution < -0.4 is 5.32 Å². The number of aromatic nitrogens is 2. The molecule has 2 fully saturated rings. The second kappa shape index (κ2) is 6.00. The molecule has 0 aliphatic carbocycles. The first-order chi connectivity index (χ1) is 9.33. The number of morpholine rings is 2. The number of nitrogens with one attached hydrogen (secondary N) is 1. The quantitative estimate of drug-likeness (QED) is 0.826. The van der Waals surface area contributed by atoms with Crippen molar-refractivity contribution in [1.82, 2.24) is 19.8 Å². The summed E-state index contributed by atoms with van der Waals surface area (Å²) in [7, 11) is 2.14. The average molecular weight is 266 g/mol. The van der Waals surface area contributed by atoms with E-state index in [1.165, 1.54) is 0 Å². The van der Waals surface area contributed by atoms with Crippen molar-refractivity contribution in [2.24, 2.45) is 0 Å². The Balaban J connectivity index is 1.65. The summed E-state index contributed by atoms with van der Waals surface area (Å²) in [5.41, 5.74) is 1.14. The molecule has 1 aromatic rings. The van der Waals surface area contributed by atoms with Gasteiger partial charge in [-0.2, -0.15) is 0 Å². The highest BCUT2D eigenvalue weighted by Crippen LogP contribution is 2.19. The fourth-order valence-electron chi connectivity index (χ4n) is 2.70. The van der Waals surface area contributed by atoms with Crippen LogP contribution in [-0.4, -0.2) is 67.0 Å². The third-order valence-corrected chi connectivity index (χ3v) is 3.74. The van der Waals surface area contributed by atoms with Crippen molar-refractivity contribution in [3.05, 3.63) is 18.2 Å². The minimum absolute atomic E-state index is 0.109. The Bertz CT molecular complexity index is 403. The molecule has 0 radical (unpaired) electrons. The van der Waals surface area contributed by atoms with E-state index in [2.05, 4.69) is 26.8 Å². The van der Waals surface area contributed by atoms with Crippen LogP contribution in [0.2, 0.25) is 0 Å². The normalized spacial score (nSPS) is 29.5.